The molecule has 1 atom stereocenters. The van der Waals surface area contributed by atoms with Gasteiger partial charge in [-0.25, -0.2) is 0 Å². The van der Waals surface area contributed by atoms with Crippen LogP contribution in [0, 0.1) is 0 Å². The van der Waals surface area contributed by atoms with Gasteiger partial charge >= 0.3 is 0 Å². The molecule has 0 aromatic heterocycles. The van der Waals surface area contributed by atoms with Gasteiger partial charge in [-0.15, -0.1) is 0 Å². The van der Waals surface area contributed by atoms with Crippen LogP contribution in [0.3, 0.4) is 0 Å². The van der Waals surface area contributed by atoms with Gasteiger partial charge in [0.1, 0.15) is 4.11 Å². The van der Waals surface area contributed by atoms with Crippen molar-refractivity contribution < 1.29 is 5.11 Å². The molecule has 1 unspecified atom stereocenters. The van der Waals surface area contributed by atoms with Gasteiger partial charge in [0, 0.05) is 0 Å². The Balaban J connectivity index is 3.45. The molecule has 0 aliphatic heterocycles. The number of hydrogen-bond acceptors (Lipinski definition) is 1. The highest BCUT2D eigenvalue weighted by molar-refractivity contribution is 14.2. The van der Waals surface area contributed by atoms with E-state index < -0.39 is 0 Å². The number of aliphatic hydroxyl groups is 1. The molecule has 0 aromatic carbocycles. The predicted molar refractivity (Wildman–Crippen MR) is 56.1 cm³/mol. The minimum Gasteiger partial charge on any atom is -0.379 e. The van der Waals surface area contributed by atoms with Crippen LogP contribution in [0.1, 0.15) is 0 Å². The highest BCUT2D eigenvalue weighted by Gasteiger charge is 1.88. The molecule has 4 heteroatoms. The Hall–Kier alpha value is 1.89. The monoisotopic (exact) mass is 436 g/mol. The van der Waals surface area contributed by atoms with Crippen molar-refractivity contribution in [2.45, 2.75) is 4.11 Å². The van der Waals surface area contributed by atoms with Gasteiger partial charge in [0.15, 0.2) is 0 Å². The van der Waals surface area contributed by atoms with E-state index in [0.29, 0.717) is 0 Å². The van der Waals surface area contributed by atoms with E-state index in [1.165, 1.54) is 0 Å². The Bertz CT molecular complexity index is 74.2. The summed E-state index contributed by atoms with van der Waals surface area (Å²) in [5, 5.41) is 8.62. The Morgan fingerprint density at radius 1 is 1.57 bits per heavy atom. The van der Waals surface area contributed by atoms with Crippen molar-refractivity contribution >= 4 is 67.8 Å². The average Bonchev–Trinajstić information content (AvgIpc) is 1.27. The van der Waals surface area contributed by atoms with Gasteiger partial charge in [-0.3, -0.25) is 0 Å². The maximum atomic E-state index is 8.62. The van der Waals surface area contributed by atoms with Crippen LogP contribution >= 0.6 is 67.8 Å². The minimum atomic E-state index is -0.332. The van der Waals surface area contributed by atoms with Gasteiger partial charge in [-0.1, -0.05) is 0 Å². The molecule has 7 heavy (non-hydrogen) atoms. The number of aliphatic hydroxyl groups excluding tert-OH is 1. The lowest BCUT2D eigenvalue weighted by atomic mass is 10.7. The molecule has 0 rings (SSSR count). The summed E-state index contributed by atoms with van der Waals surface area (Å²) in [5.74, 6) is 0. The second-order valence-corrected chi connectivity index (χ2v) is 6.49. The quantitative estimate of drug-likeness (QED) is 0.495. The summed E-state index contributed by atoms with van der Waals surface area (Å²) in [4.78, 5) is 0. The van der Waals surface area contributed by atoms with Crippen LogP contribution in [-0.4, -0.2) is 9.22 Å². The van der Waals surface area contributed by atoms with Gasteiger partial charge in [0.05, 0.1) is 1.59 Å². The summed E-state index contributed by atoms with van der Waals surface area (Å²) < 4.78 is 0.762. The first-order chi connectivity index (χ1) is 3.13. The second kappa shape index (κ2) is 4.74. The SMILES string of the molecule is OC(I)C=C(I)I. The van der Waals surface area contributed by atoms with E-state index in [9.17, 15) is 0 Å². The summed E-state index contributed by atoms with van der Waals surface area (Å²) in [7, 11) is 0. The normalized spacial score (nSPS) is 13.1. The molecule has 0 radical (unpaired) electrons. The number of halogens is 3. The van der Waals surface area contributed by atoms with Gasteiger partial charge in [0.25, 0.3) is 0 Å². The van der Waals surface area contributed by atoms with Crippen molar-refractivity contribution in [2.75, 3.05) is 0 Å². The predicted octanol–water partition coefficient (Wildman–Crippen LogP) is 2.45. The molecule has 0 aliphatic rings. The maximum absolute atomic E-state index is 8.62. The van der Waals surface area contributed by atoms with Crippen molar-refractivity contribution in [3.8, 4) is 0 Å². The van der Waals surface area contributed by atoms with Gasteiger partial charge in [-0.2, -0.15) is 0 Å². The van der Waals surface area contributed by atoms with Gasteiger partial charge in [-0.05, 0) is 73.8 Å². The molecule has 0 bridgehead atoms. The van der Waals surface area contributed by atoms with Crippen LogP contribution in [0.5, 0.6) is 0 Å². The molecule has 0 heterocycles. The van der Waals surface area contributed by atoms with Crippen LogP contribution < -0.4 is 0 Å². The minimum absolute atomic E-state index is 0.332. The molecule has 42 valence electrons. The van der Waals surface area contributed by atoms with Crippen LogP contribution in [-0.2, 0) is 0 Å². The van der Waals surface area contributed by atoms with E-state index in [4.69, 9.17) is 5.11 Å². The van der Waals surface area contributed by atoms with Gasteiger partial charge in [0.2, 0.25) is 0 Å². The lowest BCUT2D eigenvalue weighted by molar-refractivity contribution is 0.325. The van der Waals surface area contributed by atoms with Crippen LogP contribution in [0.25, 0.3) is 0 Å². The standard InChI is InChI=1S/C3H3I3O/c4-2(5)1-3(6)7/h1,3,7H. The Kier molecular flexibility index (Phi) is 6.02. The first-order valence-electron chi connectivity index (χ1n) is 1.48. The van der Waals surface area contributed by atoms with Crippen LogP contribution in [0.2, 0.25) is 0 Å². The first-order valence-corrected chi connectivity index (χ1v) is 4.88. The Morgan fingerprint density at radius 3 is 2.00 bits per heavy atom. The molecule has 1 nitrogen and oxygen atoms in total. The fourth-order valence-corrected chi connectivity index (χ4v) is 2.52. The smallest absolute Gasteiger partial charge is 0.125 e. The molecule has 0 spiro atoms. The van der Waals surface area contributed by atoms with E-state index in [-0.39, 0.29) is 4.11 Å². The number of rotatable bonds is 1. The molecule has 1 N–H and O–H groups in total. The Labute approximate surface area is 83.4 Å². The zero-order valence-corrected chi connectivity index (χ0v) is 9.71. The summed E-state index contributed by atoms with van der Waals surface area (Å²) in [5.41, 5.74) is 0. The molecule has 0 saturated heterocycles. The van der Waals surface area contributed by atoms with Crippen LogP contribution in [0.15, 0.2) is 7.66 Å². The maximum Gasteiger partial charge on any atom is 0.125 e. The summed E-state index contributed by atoms with van der Waals surface area (Å²) in [6.45, 7) is 0. The lowest BCUT2D eigenvalue weighted by Gasteiger charge is -1.88. The average molecular weight is 436 g/mol. The second-order valence-electron chi connectivity index (χ2n) is 0.829. The first kappa shape index (κ1) is 8.89. The summed E-state index contributed by atoms with van der Waals surface area (Å²) >= 11 is 6.21. The van der Waals surface area contributed by atoms with Crippen molar-refractivity contribution in [2.24, 2.45) is 0 Å². The van der Waals surface area contributed by atoms with Crippen molar-refractivity contribution in [3.05, 3.63) is 7.66 Å². The van der Waals surface area contributed by atoms with E-state index in [1.807, 2.05) is 22.6 Å². The zero-order chi connectivity index (χ0) is 5.86. The van der Waals surface area contributed by atoms with Gasteiger partial charge < -0.3 is 5.11 Å². The topological polar surface area (TPSA) is 20.2 Å². The van der Waals surface area contributed by atoms with Crippen molar-refractivity contribution in [3.63, 3.8) is 0 Å². The third-order valence-electron chi connectivity index (χ3n) is 0.264. The highest BCUT2D eigenvalue weighted by Crippen LogP contribution is 2.16. The zero-order valence-electron chi connectivity index (χ0n) is 3.24. The molecule has 0 amide bonds. The Morgan fingerprint density at radius 2 is 2.00 bits per heavy atom. The molecule has 0 saturated carbocycles. The molecular formula is C3H3I3O. The molecule has 0 fully saturated rings. The number of hydrogen-bond donors (Lipinski definition) is 1. The number of alkyl halides is 1. The van der Waals surface area contributed by atoms with Crippen molar-refractivity contribution in [1.29, 1.82) is 0 Å². The van der Waals surface area contributed by atoms with Crippen molar-refractivity contribution in [1.82, 2.24) is 0 Å². The third-order valence-corrected chi connectivity index (χ3v) is 1.34. The fraction of sp³-hybridized carbons (Fsp3) is 0.333. The summed E-state index contributed by atoms with van der Waals surface area (Å²) in [6.07, 6.45) is 1.77. The third kappa shape index (κ3) is 7.89. The van der Waals surface area contributed by atoms with E-state index in [0.717, 1.165) is 1.59 Å². The lowest BCUT2D eigenvalue weighted by Crippen LogP contribution is -1.84. The molecule has 0 aromatic rings. The highest BCUT2D eigenvalue weighted by atomic mass is 127. The largest absolute Gasteiger partial charge is 0.379 e. The fourth-order valence-electron chi connectivity index (χ4n) is 0.104. The van der Waals surface area contributed by atoms with E-state index in [2.05, 4.69) is 45.2 Å². The van der Waals surface area contributed by atoms with Crippen LogP contribution in [0.4, 0.5) is 0 Å². The van der Waals surface area contributed by atoms with E-state index in [1.54, 1.807) is 6.08 Å². The molecular weight excluding hydrogens is 433 g/mol. The summed E-state index contributed by atoms with van der Waals surface area (Å²) in [6, 6.07) is 0. The van der Waals surface area contributed by atoms with E-state index >= 15 is 0 Å². The molecule has 0 aliphatic carbocycles.